The van der Waals surface area contributed by atoms with Crippen molar-refractivity contribution in [1.29, 1.82) is 0 Å². The van der Waals surface area contributed by atoms with Crippen molar-refractivity contribution < 1.29 is 14.3 Å². The van der Waals surface area contributed by atoms with Gasteiger partial charge in [0.1, 0.15) is 6.04 Å². The lowest BCUT2D eigenvalue weighted by Crippen LogP contribution is -2.50. The third-order valence-electron chi connectivity index (χ3n) is 3.58. The van der Waals surface area contributed by atoms with Gasteiger partial charge in [0.25, 0.3) is 0 Å². The van der Waals surface area contributed by atoms with E-state index in [0.29, 0.717) is 18.8 Å². The van der Waals surface area contributed by atoms with Gasteiger partial charge >= 0.3 is 5.97 Å². The Morgan fingerprint density at radius 3 is 3.08 bits per heavy atom. The van der Waals surface area contributed by atoms with Gasteiger partial charge in [0.15, 0.2) is 0 Å². The van der Waals surface area contributed by atoms with Gasteiger partial charge in [-0.1, -0.05) is 6.07 Å². The molecule has 2 heterocycles. The monoisotopic (exact) mass is 369 g/mol. The molecular formula is C16H23N3O3S2. The number of aromatic nitrogens is 1. The van der Waals surface area contributed by atoms with E-state index >= 15 is 0 Å². The number of esters is 1. The first-order valence-corrected chi connectivity index (χ1v) is 10.3. The quantitative estimate of drug-likeness (QED) is 0.674. The third kappa shape index (κ3) is 5.39. The maximum Gasteiger partial charge on any atom is 0.328 e. The highest BCUT2D eigenvalue weighted by Gasteiger charge is 2.33. The van der Waals surface area contributed by atoms with Crippen molar-refractivity contribution in [2.75, 3.05) is 24.4 Å². The van der Waals surface area contributed by atoms with Crippen molar-refractivity contribution in [2.24, 2.45) is 0 Å². The highest BCUT2D eigenvalue weighted by Crippen LogP contribution is 2.32. The van der Waals surface area contributed by atoms with Crippen molar-refractivity contribution in [3.8, 4) is 0 Å². The summed E-state index contributed by atoms with van der Waals surface area (Å²) in [5, 5.41) is 6.17. The van der Waals surface area contributed by atoms with Gasteiger partial charge < -0.3 is 10.1 Å². The minimum atomic E-state index is -0.589. The van der Waals surface area contributed by atoms with Crippen LogP contribution in [0.5, 0.6) is 0 Å². The number of pyridine rings is 1. The lowest BCUT2D eigenvalue weighted by Gasteiger charge is -2.19. The molecule has 1 aliphatic rings. The van der Waals surface area contributed by atoms with Gasteiger partial charge in [-0.3, -0.25) is 15.1 Å². The molecule has 1 amide bonds. The summed E-state index contributed by atoms with van der Waals surface area (Å²) in [5.41, 5.74) is 1.04. The van der Waals surface area contributed by atoms with Crippen LogP contribution in [0.15, 0.2) is 24.5 Å². The molecule has 24 heavy (non-hydrogen) atoms. The van der Waals surface area contributed by atoms with E-state index in [9.17, 15) is 9.59 Å². The number of rotatable bonds is 8. The number of nitrogens with one attached hydrogen (secondary N) is 2. The van der Waals surface area contributed by atoms with Crippen molar-refractivity contribution in [2.45, 2.75) is 30.8 Å². The Bertz CT molecular complexity index is 545. The molecule has 1 saturated heterocycles. The summed E-state index contributed by atoms with van der Waals surface area (Å²) in [7, 11) is 0. The molecule has 1 aromatic rings. The van der Waals surface area contributed by atoms with Crippen molar-refractivity contribution in [3.05, 3.63) is 30.1 Å². The van der Waals surface area contributed by atoms with E-state index in [1.54, 1.807) is 42.8 Å². The van der Waals surface area contributed by atoms with Gasteiger partial charge in [0.05, 0.1) is 18.0 Å². The Hall–Kier alpha value is -1.25. The number of nitrogens with zero attached hydrogens (tertiary/aromatic N) is 1. The Morgan fingerprint density at radius 1 is 1.58 bits per heavy atom. The molecule has 0 aliphatic carbocycles. The Balaban J connectivity index is 1.91. The molecule has 2 unspecified atom stereocenters. The molecule has 1 aliphatic heterocycles. The molecular weight excluding hydrogens is 346 g/mol. The lowest BCUT2D eigenvalue weighted by atomic mass is 10.2. The van der Waals surface area contributed by atoms with Crippen molar-refractivity contribution in [1.82, 2.24) is 15.6 Å². The van der Waals surface area contributed by atoms with Crippen LogP contribution in [0.1, 0.15) is 24.3 Å². The third-order valence-corrected chi connectivity index (χ3v) is 5.50. The number of hydrogen-bond acceptors (Lipinski definition) is 7. The number of amides is 1. The van der Waals surface area contributed by atoms with E-state index in [4.69, 9.17) is 4.74 Å². The first kappa shape index (κ1) is 19.1. The number of carbonyl (C=O) groups excluding carboxylic acids is 2. The molecule has 8 heteroatoms. The van der Waals surface area contributed by atoms with Crippen LogP contribution in [-0.4, -0.2) is 53.3 Å². The SMILES string of the molecule is CCOC(=O)[C@@H](CCSC)NC(=O)C1CSC(c2cccnc2)N1. The summed E-state index contributed by atoms with van der Waals surface area (Å²) in [4.78, 5) is 28.6. The lowest BCUT2D eigenvalue weighted by molar-refractivity contribution is -0.147. The van der Waals surface area contributed by atoms with E-state index in [2.05, 4.69) is 15.6 Å². The Kier molecular flexibility index (Phi) is 7.87. The molecule has 3 atom stereocenters. The van der Waals surface area contributed by atoms with E-state index in [1.807, 2.05) is 18.4 Å². The predicted octanol–water partition coefficient (Wildman–Crippen LogP) is 1.59. The maximum absolute atomic E-state index is 12.5. The molecule has 2 rings (SSSR count). The van der Waals surface area contributed by atoms with E-state index in [0.717, 1.165) is 11.3 Å². The van der Waals surface area contributed by atoms with Gasteiger partial charge in [-0.05, 0) is 37.0 Å². The first-order chi connectivity index (χ1) is 11.7. The summed E-state index contributed by atoms with van der Waals surface area (Å²) < 4.78 is 5.06. The van der Waals surface area contributed by atoms with Gasteiger partial charge in [0.2, 0.25) is 5.91 Å². The minimum absolute atomic E-state index is 0.0432. The molecule has 0 bridgehead atoms. The standard InChI is InChI=1S/C16H23N3O3S2/c1-3-22-16(21)12(6-8-23-2)18-14(20)13-10-24-15(19-13)11-5-4-7-17-9-11/h4-5,7,9,12-13,15,19H,3,6,8,10H2,1-2H3,(H,18,20)/t12-,13?,15?/m1/s1. The van der Waals surface area contributed by atoms with Gasteiger partial charge in [0, 0.05) is 18.1 Å². The second-order valence-electron chi connectivity index (χ2n) is 5.31. The zero-order chi connectivity index (χ0) is 17.4. The fourth-order valence-electron chi connectivity index (χ4n) is 2.35. The zero-order valence-corrected chi connectivity index (χ0v) is 15.5. The van der Waals surface area contributed by atoms with Gasteiger partial charge in [-0.25, -0.2) is 4.79 Å². The highest BCUT2D eigenvalue weighted by molar-refractivity contribution is 7.99. The molecule has 0 radical (unpaired) electrons. The van der Waals surface area contributed by atoms with Crippen LogP contribution >= 0.6 is 23.5 Å². The average Bonchev–Trinajstić information content (AvgIpc) is 3.09. The largest absolute Gasteiger partial charge is 0.464 e. The average molecular weight is 370 g/mol. The smallest absolute Gasteiger partial charge is 0.328 e. The Labute approximate surface area is 150 Å². The van der Waals surface area contributed by atoms with E-state index in [-0.39, 0.29) is 23.3 Å². The molecule has 6 nitrogen and oxygen atoms in total. The van der Waals surface area contributed by atoms with Crippen LogP contribution in [0.3, 0.4) is 0 Å². The minimum Gasteiger partial charge on any atom is -0.464 e. The van der Waals surface area contributed by atoms with E-state index in [1.165, 1.54) is 0 Å². The van der Waals surface area contributed by atoms with Crippen molar-refractivity contribution in [3.63, 3.8) is 0 Å². The number of thioether (sulfide) groups is 2. The molecule has 0 spiro atoms. The Morgan fingerprint density at radius 2 is 2.42 bits per heavy atom. The summed E-state index contributed by atoms with van der Waals surface area (Å²) in [6, 6.07) is 2.95. The van der Waals surface area contributed by atoms with Crippen LogP contribution in [0, 0.1) is 0 Å². The molecule has 1 aromatic heterocycles. The molecule has 132 valence electrons. The van der Waals surface area contributed by atoms with Gasteiger partial charge in [-0.2, -0.15) is 11.8 Å². The number of carbonyl (C=O) groups is 2. The van der Waals surface area contributed by atoms with Crippen LogP contribution < -0.4 is 10.6 Å². The van der Waals surface area contributed by atoms with Crippen LogP contribution in [0.4, 0.5) is 0 Å². The normalized spacial score (nSPS) is 21.2. The highest BCUT2D eigenvalue weighted by atomic mass is 32.2. The number of hydrogen-bond donors (Lipinski definition) is 2. The summed E-state index contributed by atoms with van der Waals surface area (Å²) in [5.74, 6) is 0.917. The second-order valence-corrected chi connectivity index (χ2v) is 7.44. The van der Waals surface area contributed by atoms with Crippen LogP contribution in [0.25, 0.3) is 0 Å². The second kappa shape index (κ2) is 9.90. The first-order valence-electron chi connectivity index (χ1n) is 7.89. The fraction of sp³-hybridized carbons (Fsp3) is 0.562. The van der Waals surface area contributed by atoms with Crippen LogP contribution in [0.2, 0.25) is 0 Å². The summed E-state index contributed by atoms with van der Waals surface area (Å²) in [6.07, 6.45) is 6.06. The number of ether oxygens (including phenoxy) is 1. The summed E-state index contributed by atoms with van der Waals surface area (Å²) in [6.45, 7) is 2.07. The topological polar surface area (TPSA) is 80.3 Å². The fourth-order valence-corrected chi connectivity index (χ4v) is 4.04. The van der Waals surface area contributed by atoms with Crippen molar-refractivity contribution >= 4 is 35.4 Å². The molecule has 0 saturated carbocycles. The van der Waals surface area contributed by atoms with Gasteiger partial charge in [-0.15, -0.1) is 11.8 Å². The molecule has 0 aromatic carbocycles. The maximum atomic E-state index is 12.5. The predicted molar refractivity (Wildman–Crippen MR) is 97.9 cm³/mol. The van der Waals surface area contributed by atoms with E-state index < -0.39 is 6.04 Å². The summed E-state index contributed by atoms with van der Waals surface area (Å²) >= 11 is 3.30. The zero-order valence-electron chi connectivity index (χ0n) is 13.9. The molecule has 2 N–H and O–H groups in total. The molecule has 1 fully saturated rings. The van der Waals surface area contributed by atoms with Crippen LogP contribution in [-0.2, 0) is 14.3 Å².